The van der Waals surface area contributed by atoms with E-state index >= 15 is 0 Å². The van der Waals surface area contributed by atoms with E-state index in [2.05, 4.69) is 34.6 Å². The Balaban J connectivity index is 2.19. The molecule has 1 aromatic heterocycles. The molecular formula is C18H18N2O. The number of fused-ring (bicyclic) bond motifs is 1. The zero-order valence-electron chi connectivity index (χ0n) is 12.2. The molecule has 0 saturated carbocycles. The minimum Gasteiger partial charge on any atom is -0.496 e. The number of aromatic nitrogens is 1. The van der Waals surface area contributed by atoms with Gasteiger partial charge in [-0.3, -0.25) is 4.98 Å². The van der Waals surface area contributed by atoms with Crippen molar-refractivity contribution >= 4 is 10.8 Å². The summed E-state index contributed by atoms with van der Waals surface area (Å²) in [5, 5.41) is 5.74. The molecule has 0 aliphatic heterocycles. The first-order valence-electron chi connectivity index (χ1n) is 6.98. The number of methoxy groups -OCH3 is 1. The summed E-state index contributed by atoms with van der Waals surface area (Å²) in [5.74, 6) is 0.887. The minimum atomic E-state index is 0.0639. The maximum atomic E-state index is 5.51. The fourth-order valence-corrected chi connectivity index (χ4v) is 2.77. The number of para-hydroxylation sites is 1. The van der Waals surface area contributed by atoms with Crippen molar-refractivity contribution in [3.8, 4) is 5.75 Å². The van der Waals surface area contributed by atoms with E-state index in [1.54, 1.807) is 7.11 Å². The molecule has 3 rings (SSSR count). The Hall–Kier alpha value is -2.39. The first-order valence-corrected chi connectivity index (χ1v) is 6.98. The Kier molecular flexibility index (Phi) is 3.84. The van der Waals surface area contributed by atoms with Gasteiger partial charge in [-0.1, -0.05) is 36.4 Å². The third-order valence-corrected chi connectivity index (χ3v) is 3.77. The normalized spacial score (nSPS) is 12.3. The SMILES string of the molecule is CNC(c1ccccc1OC)c1cccc2ccncc12. The smallest absolute Gasteiger partial charge is 0.123 e. The van der Waals surface area contributed by atoms with Crippen LogP contribution in [-0.4, -0.2) is 19.1 Å². The van der Waals surface area contributed by atoms with E-state index in [-0.39, 0.29) is 6.04 Å². The van der Waals surface area contributed by atoms with Gasteiger partial charge in [0.25, 0.3) is 0 Å². The maximum Gasteiger partial charge on any atom is 0.123 e. The van der Waals surface area contributed by atoms with Crippen LogP contribution in [0.1, 0.15) is 17.2 Å². The molecule has 0 amide bonds. The van der Waals surface area contributed by atoms with Gasteiger partial charge in [0, 0.05) is 23.3 Å². The summed E-state index contributed by atoms with van der Waals surface area (Å²) in [4.78, 5) is 4.27. The topological polar surface area (TPSA) is 34.1 Å². The highest BCUT2D eigenvalue weighted by atomic mass is 16.5. The van der Waals surface area contributed by atoms with E-state index in [0.717, 1.165) is 16.7 Å². The minimum absolute atomic E-state index is 0.0639. The van der Waals surface area contributed by atoms with E-state index in [1.807, 2.05) is 43.7 Å². The van der Waals surface area contributed by atoms with Crippen LogP contribution in [0.2, 0.25) is 0 Å². The average molecular weight is 278 g/mol. The Labute approximate surface area is 124 Å². The molecule has 1 atom stereocenters. The van der Waals surface area contributed by atoms with Crippen LogP contribution in [0.5, 0.6) is 5.75 Å². The molecule has 0 saturated heterocycles. The predicted molar refractivity (Wildman–Crippen MR) is 85.6 cm³/mol. The summed E-state index contributed by atoms with van der Waals surface area (Å²) < 4.78 is 5.51. The molecule has 0 bridgehead atoms. The Morgan fingerprint density at radius 3 is 2.62 bits per heavy atom. The molecule has 1 heterocycles. The number of nitrogens with zero attached hydrogens (tertiary/aromatic N) is 1. The van der Waals surface area contributed by atoms with Crippen LogP contribution in [0.3, 0.4) is 0 Å². The molecule has 0 aliphatic carbocycles. The molecule has 3 heteroatoms. The average Bonchev–Trinajstić information content (AvgIpc) is 2.56. The van der Waals surface area contributed by atoms with Crippen molar-refractivity contribution in [2.75, 3.05) is 14.2 Å². The van der Waals surface area contributed by atoms with Gasteiger partial charge in [-0.25, -0.2) is 0 Å². The Bertz CT molecular complexity index is 750. The number of nitrogens with one attached hydrogen (secondary N) is 1. The fourth-order valence-electron chi connectivity index (χ4n) is 2.77. The highest BCUT2D eigenvalue weighted by Gasteiger charge is 2.18. The van der Waals surface area contributed by atoms with Gasteiger partial charge >= 0.3 is 0 Å². The summed E-state index contributed by atoms with van der Waals surface area (Å²) in [6.45, 7) is 0. The molecule has 21 heavy (non-hydrogen) atoms. The van der Waals surface area contributed by atoms with Gasteiger partial charge in [0.2, 0.25) is 0 Å². The lowest BCUT2D eigenvalue weighted by Gasteiger charge is -2.21. The second kappa shape index (κ2) is 5.94. The number of ether oxygens (including phenoxy) is 1. The van der Waals surface area contributed by atoms with Gasteiger partial charge in [0.15, 0.2) is 0 Å². The van der Waals surface area contributed by atoms with Crippen molar-refractivity contribution < 1.29 is 4.74 Å². The molecule has 2 aromatic carbocycles. The molecule has 0 radical (unpaired) electrons. The second-order valence-electron chi connectivity index (χ2n) is 4.91. The summed E-state index contributed by atoms with van der Waals surface area (Å²) >= 11 is 0. The molecule has 106 valence electrons. The summed E-state index contributed by atoms with van der Waals surface area (Å²) in [7, 11) is 3.67. The van der Waals surface area contributed by atoms with Crippen LogP contribution >= 0.6 is 0 Å². The molecule has 3 nitrogen and oxygen atoms in total. The molecule has 0 fully saturated rings. The molecule has 0 aliphatic rings. The van der Waals surface area contributed by atoms with Crippen LogP contribution in [0.25, 0.3) is 10.8 Å². The Morgan fingerprint density at radius 1 is 1.00 bits per heavy atom. The summed E-state index contributed by atoms with van der Waals surface area (Å²) in [6, 6.07) is 16.5. The molecule has 3 aromatic rings. The van der Waals surface area contributed by atoms with E-state index < -0.39 is 0 Å². The highest BCUT2D eigenvalue weighted by Crippen LogP contribution is 2.33. The maximum absolute atomic E-state index is 5.51. The van der Waals surface area contributed by atoms with Crippen LogP contribution in [-0.2, 0) is 0 Å². The fraction of sp³-hybridized carbons (Fsp3) is 0.167. The number of hydrogen-bond donors (Lipinski definition) is 1. The van der Waals surface area contributed by atoms with Crippen molar-refractivity contribution in [3.63, 3.8) is 0 Å². The predicted octanol–water partition coefficient (Wildman–Crippen LogP) is 3.55. The number of benzene rings is 2. The number of pyridine rings is 1. The highest BCUT2D eigenvalue weighted by molar-refractivity contribution is 5.85. The van der Waals surface area contributed by atoms with Crippen LogP contribution in [0.4, 0.5) is 0 Å². The van der Waals surface area contributed by atoms with Crippen molar-refractivity contribution in [3.05, 3.63) is 72.1 Å². The quantitative estimate of drug-likeness (QED) is 0.792. The molecule has 1 N–H and O–H groups in total. The van der Waals surface area contributed by atoms with Crippen LogP contribution in [0, 0.1) is 0 Å². The van der Waals surface area contributed by atoms with Crippen molar-refractivity contribution in [1.29, 1.82) is 0 Å². The lowest BCUT2D eigenvalue weighted by Crippen LogP contribution is -2.18. The van der Waals surface area contributed by atoms with E-state index in [9.17, 15) is 0 Å². The molecule has 0 spiro atoms. The van der Waals surface area contributed by atoms with Gasteiger partial charge < -0.3 is 10.1 Å². The standard InChI is InChI=1S/C18H18N2O/c1-19-18(15-7-3-4-9-17(15)21-2)14-8-5-6-13-10-11-20-12-16(13)14/h3-12,18-19H,1-2H3. The first-order chi connectivity index (χ1) is 10.3. The van der Waals surface area contributed by atoms with Gasteiger partial charge in [-0.05, 0) is 30.1 Å². The van der Waals surface area contributed by atoms with Gasteiger partial charge in [-0.2, -0.15) is 0 Å². The molecule has 1 unspecified atom stereocenters. The van der Waals surface area contributed by atoms with Crippen LogP contribution in [0.15, 0.2) is 60.9 Å². The zero-order valence-corrected chi connectivity index (χ0v) is 12.2. The monoisotopic (exact) mass is 278 g/mol. The van der Waals surface area contributed by atoms with Gasteiger partial charge in [0.05, 0.1) is 13.2 Å². The lowest BCUT2D eigenvalue weighted by molar-refractivity contribution is 0.405. The zero-order chi connectivity index (χ0) is 14.7. The largest absolute Gasteiger partial charge is 0.496 e. The van der Waals surface area contributed by atoms with E-state index in [0.29, 0.717) is 0 Å². The van der Waals surface area contributed by atoms with Gasteiger partial charge in [-0.15, -0.1) is 0 Å². The van der Waals surface area contributed by atoms with Crippen molar-refractivity contribution in [2.24, 2.45) is 0 Å². The van der Waals surface area contributed by atoms with Gasteiger partial charge in [0.1, 0.15) is 5.75 Å². The lowest BCUT2D eigenvalue weighted by atomic mass is 9.94. The second-order valence-corrected chi connectivity index (χ2v) is 4.91. The first kappa shape index (κ1) is 13.6. The third kappa shape index (κ3) is 2.48. The van der Waals surface area contributed by atoms with Crippen LogP contribution < -0.4 is 10.1 Å². The van der Waals surface area contributed by atoms with E-state index in [1.165, 1.54) is 10.9 Å². The third-order valence-electron chi connectivity index (χ3n) is 3.77. The van der Waals surface area contributed by atoms with Crippen molar-refractivity contribution in [1.82, 2.24) is 10.3 Å². The summed E-state index contributed by atoms with van der Waals surface area (Å²) in [6.07, 6.45) is 3.74. The van der Waals surface area contributed by atoms with E-state index in [4.69, 9.17) is 4.74 Å². The Morgan fingerprint density at radius 2 is 1.81 bits per heavy atom. The molecular weight excluding hydrogens is 260 g/mol. The van der Waals surface area contributed by atoms with Crippen molar-refractivity contribution in [2.45, 2.75) is 6.04 Å². The number of rotatable bonds is 4. The summed E-state index contributed by atoms with van der Waals surface area (Å²) in [5.41, 5.74) is 2.33. The number of hydrogen-bond acceptors (Lipinski definition) is 3.